The van der Waals surface area contributed by atoms with Gasteiger partial charge in [0.05, 0.1) is 4.92 Å². The largest absolute Gasteiger partial charge is 0.444 e. The number of ether oxygens (including phenoxy) is 1. The maximum Gasteiger partial charge on any atom is 0.410 e. The molecule has 0 radical (unpaired) electrons. The lowest BCUT2D eigenvalue weighted by molar-refractivity contribution is -0.384. The molecular weight excluding hydrogens is 350 g/mol. The monoisotopic (exact) mass is 371 g/mol. The van der Waals surface area contributed by atoms with E-state index in [-0.39, 0.29) is 28.8 Å². The van der Waals surface area contributed by atoms with Gasteiger partial charge in [0.1, 0.15) is 11.8 Å². The molecule has 1 aromatic rings. The van der Waals surface area contributed by atoms with Crippen LogP contribution >= 0.6 is 11.6 Å². The third kappa shape index (κ3) is 5.70. The number of likely N-dealkylation sites (tertiary alicyclic amines) is 1. The first kappa shape index (κ1) is 19.2. The number of piperidine rings is 1. The Kier molecular flexibility index (Phi) is 5.99. The fourth-order valence-corrected chi connectivity index (χ4v) is 2.64. The molecule has 1 saturated heterocycles. The summed E-state index contributed by atoms with van der Waals surface area (Å²) < 4.78 is 5.36. The van der Waals surface area contributed by atoms with E-state index < -0.39 is 10.5 Å². The third-order valence-corrected chi connectivity index (χ3v) is 3.94. The van der Waals surface area contributed by atoms with Gasteiger partial charge in [0.15, 0.2) is 0 Å². The zero-order valence-corrected chi connectivity index (χ0v) is 15.2. The highest BCUT2D eigenvalue weighted by Gasteiger charge is 2.27. The summed E-state index contributed by atoms with van der Waals surface area (Å²) in [5.41, 5.74) is -0.726. The van der Waals surface area contributed by atoms with Crippen LogP contribution in [0.4, 0.5) is 16.3 Å². The number of carbonyl (C=O) groups excluding carboxylic acids is 1. The minimum atomic E-state index is -0.552. The van der Waals surface area contributed by atoms with Crippen molar-refractivity contribution in [2.75, 3.05) is 25.0 Å². The van der Waals surface area contributed by atoms with Gasteiger partial charge in [-0.15, -0.1) is 0 Å². The molecule has 0 bridgehead atoms. The Morgan fingerprint density at radius 1 is 1.48 bits per heavy atom. The summed E-state index contributed by atoms with van der Waals surface area (Å²) in [5, 5.41) is 13.9. The van der Waals surface area contributed by atoms with E-state index in [2.05, 4.69) is 15.3 Å². The number of nitrogens with zero attached hydrogens (tertiary/aromatic N) is 4. The number of hydrogen-bond acceptors (Lipinski definition) is 7. The summed E-state index contributed by atoms with van der Waals surface area (Å²) in [4.78, 5) is 31.7. The van der Waals surface area contributed by atoms with Gasteiger partial charge in [-0.3, -0.25) is 10.1 Å². The van der Waals surface area contributed by atoms with Gasteiger partial charge < -0.3 is 15.0 Å². The number of rotatable bonds is 4. The van der Waals surface area contributed by atoms with Gasteiger partial charge in [-0.2, -0.15) is 4.98 Å². The molecule has 0 spiro atoms. The molecule has 1 amide bonds. The van der Waals surface area contributed by atoms with Crippen molar-refractivity contribution in [2.45, 2.75) is 39.2 Å². The van der Waals surface area contributed by atoms with Crippen LogP contribution in [0.15, 0.2) is 6.20 Å². The summed E-state index contributed by atoms with van der Waals surface area (Å²) >= 11 is 5.71. The maximum absolute atomic E-state index is 12.0. The first-order chi connectivity index (χ1) is 11.7. The van der Waals surface area contributed by atoms with E-state index in [4.69, 9.17) is 16.3 Å². The van der Waals surface area contributed by atoms with Crippen LogP contribution in [-0.4, -0.2) is 51.1 Å². The zero-order chi connectivity index (χ0) is 18.6. The molecule has 1 aliphatic rings. The van der Waals surface area contributed by atoms with Crippen LogP contribution in [-0.2, 0) is 4.74 Å². The number of halogens is 1. The summed E-state index contributed by atoms with van der Waals surface area (Å²) in [7, 11) is 0. The Labute approximate surface area is 150 Å². The molecule has 0 aliphatic carbocycles. The van der Waals surface area contributed by atoms with Crippen LogP contribution in [0.2, 0.25) is 5.28 Å². The number of aromatic nitrogens is 2. The van der Waals surface area contributed by atoms with Crippen LogP contribution in [0.1, 0.15) is 33.6 Å². The smallest absolute Gasteiger partial charge is 0.410 e. The Bertz CT molecular complexity index is 641. The van der Waals surface area contributed by atoms with Crippen molar-refractivity contribution >= 4 is 29.2 Å². The molecule has 1 fully saturated rings. The SMILES string of the molecule is CC(C)(C)OC(=O)N1CCC(CNc2nc(Cl)ncc2[N+](=O)[O-])CC1. The summed E-state index contributed by atoms with van der Waals surface area (Å²) in [5.74, 6) is 0.381. The van der Waals surface area contributed by atoms with Crippen molar-refractivity contribution < 1.29 is 14.5 Å². The van der Waals surface area contributed by atoms with Crippen LogP contribution < -0.4 is 5.32 Å². The zero-order valence-electron chi connectivity index (χ0n) is 14.5. The van der Waals surface area contributed by atoms with Crippen LogP contribution in [0.5, 0.6) is 0 Å². The maximum atomic E-state index is 12.0. The topological polar surface area (TPSA) is 110 Å². The van der Waals surface area contributed by atoms with Gasteiger partial charge in [-0.05, 0) is 51.1 Å². The second kappa shape index (κ2) is 7.81. The number of nitrogens with one attached hydrogen (secondary N) is 1. The van der Waals surface area contributed by atoms with Gasteiger partial charge in [0.2, 0.25) is 11.1 Å². The van der Waals surface area contributed by atoms with E-state index in [1.165, 1.54) is 0 Å². The van der Waals surface area contributed by atoms with Crippen molar-refractivity contribution in [2.24, 2.45) is 5.92 Å². The van der Waals surface area contributed by atoms with E-state index in [9.17, 15) is 14.9 Å². The average Bonchev–Trinajstić information content (AvgIpc) is 2.51. The predicted octanol–water partition coefficient (Wildman–Crippen LogP) is 3.10. The molecule has 0 atom stereocenters. The highest BCUT2D eigenvalue weighted by Crippen LogP contribution is 2.24. The molecular formula is C15H22ClN5O4. The number of nitro groups is 1. The van der Waals surface area contributed by atoms with Crippen LogP contribution in [0.25, 0.3) is 0 Å². The Hall–Kier alpha value is -2.16. The fraction of sp³-hybridized carbons (Fsp3) is 0.667. The van der Waals surface area contributed by atoms with Crippen molar-refractivity contribution in [1.82, 2.24) is 14.9 Å². The molecule has 25 heavy (non-hydrogen) atoms. The average molecular weight is 372 g/mol. The van der Waals surface area contributed by atoms with Crippen molar-refractivity contribution in [3.05, 3.63) is 21.6 Å². The Morgan fingerprint density at radius 2 is 2.12 bits per heavy atom. The first-order valence-corrected chi connectivity index (χ1v) is 8.42. The van der Waals surface area contributed by atoms with Gasteiger partial charge in [-0.1, -0.05) is 0 Å². The summed E-state index contributed by atoms with van der Waals surface area (Å²) in [6.45, 7) is 7.20. The number of carbonyl (C=O) groups is 1. The van der Waals surface area contributed by atoms with Crippen molar-refractivity contribution in [3.63, 3.8) is 0 Å². The van der Waals surface area contributed by atoms with E-state index in [1.54, 1.807) is 4.90 Å². The molecule has 1 aromatic heterocycles. The van der Waals surface area contributed by atoms with Crippen molar-refractivity contribution in [1.29, 1.82) is 0 Å². The summed E-state index contributed by atoms with van der Waals surface area (Å²) in [6, 6.07) is 0. The molecule has 2 rings (SSSR count). The van der Waals surface area contributed by atoms with Crippen LogP contribution in [0.3, 0.4) is 0 Å². The molecule has 1 aliphatic heterocycles. The molecule has 0 aromatic carbocycles. The van der Waals surface area contributed by atoms with E-state index in [0.29, 0.717) is 19.6 Å². The first-order valence-electron chi connectivity index (χ1n) is 8.04. The van der Waals surface area contributed by atoms with Gasteiger partial charge >= 0.3 is 11.8 Å². The lowest BCUT2D eigenvalue weighted by Crippen LogP contribution is -2.42. The predicted molar refractivity (Wildman–Crippen MR) is 92.7 cm³/mol. The summed E-state index contributed by atoms with van der Waals surface area (Å²) in [6.07, 6.45) is 2.33. The highest BCUT2D eigenvalue weighted by atomic mass is 35.5. The standard InChI is InChI=1S/C15H22ClN5O4/c1-15(2,3)25-14(22)20-6-4-10(5-7-20)8-17-12-11(21(23)24)9-18-13(16)19-12/h9-10H,4-8H2,1-3H3,(H,17,18,19). The van der Waals surface area contributed by atoms with Gasteiger partial charge in [0.25, 0.3) is 0 Å². The van der Waals surface area contributed by atoms with E-state index >= 15 is 0 Å². The van der Waals surface area contributed by atoms with Crippen molar-refractivity contribution in [3.8, 4) is 0 Å². The number of amides is 1. The minimum absolute atomic E-state index is 0.0483. The molecule has 0 saturated carbocycles. The van der Waals surface area contributed by atoms with Gasteiger partial charge in [0, 0.05) is 19.6 Å². The molecule has 138 valence electrons. The fourth-order valence-electron chi connectivity index (χ4n) is 2.50. The quantitative estimate of drug-likeness (QED) is 0.491. The molecule has 9 nitrogen and oxygen atoms in total. The van der Waals surface area contributed by atoms with Crippen LogP contribution in [0, 0.1) is 16.0 Å². The second-order valence-corrected chi connectivity index (χ2v) is 7.26. The lowest BCUT2D eigenvalue weighted by Gasteiger charge is -2.33. The Morgan fingerprint density at radius 3 is 2.68 bits per heavy atom. The molecule has 2 heterocycles. The Balaban J connectivity index is 1.86. The van der Waals surface area contributed by atoms with E-state index in [1.807, 2.05) is 20.8 Å². The number of anilines is 1. The number of hydrogen-bond donors (Lipinski definition) is 1. The molecule has 10 heteroatoms. The van der Waals surface area contributed by atoms with Gasteiger partial charge in [-0.25, -0.2) is 9.78 Å². The van der Waals surface area contributed by atoms with E-state index in [0.717, 1.165) is 19.0 Å². The molecule has 1 N–H and O–H groups in total. The second-order valence-electron chi connectivity index (χ2n) is 6.92. The lowest BCUT2D eigenvalue weighted by atomic mass is 9.97. The normalized spacial score (nSPS) is 15.8. The minimum Gasteiger partial charge on any atom is -0.444 e. The molecule has 0 unspecified atom stereocenters. The third-order valence-electron chi connectivity index (χ3n) is 3.76. The highest BCUT2D eigenvalue weighted by molar-refractivity contribution is 6.28.